The lowest BCUT2D eigenvalue weighted by molar-refractivity contribution is -0.118. The molecule has 5 N–H and O–H groups in total. The Balaban J connectivity index is 2.04. The molecule has 8 heteroatoms. The normalized spacial score (nSPS) is 13.1. The van der Waals surface area contributed by atoms with Crippen LogP contribution in [-0.2, 0) is 4.79 Å². The van der Waals surface area contributed by atoms with Crippen LogP contribution in [0.3, 0.4) is 0 Å². The summed E-state index contributed by atoms with van der Waals surface area (Å²) in [6.07, 6.45) is 3.17. The van der Waals surface area contributed by atoms with E-state index in [1.807, 2.05) is 37.3 Å². The standard InChI is InChI=1S/C15H19N5O3/c1-10(11-5-3-2-4-6-11)20-8-12(7-17-20)18-14(22)13(9-21)19-15(16)23/h2-8,10,13,21H,9H2,1H3,(H,18,22)(H3,16,19,23). The number of amides is 3. The average molecular weight is 317 g/mol. The van der Waals surface area contributed by atoms with Gasteiger partial charge in [0, 0.05) is 6.20 Å². The van der Waals surface area contributed by atoms with Gasteiger partial charge in [-0.1, -0.05) is 30.3 Å². The van der Waals surface area contributed by atoms with Gasteiger partial charge in [-0.15, -0.1) is 0 Å². The van der Waals surface area contributed by atoms with Gasteiger partial charge in [0.05, 0.1) is 24.5 Å². The molecule has 0 radical (unpaired) electrons. The number of nitrogens with one attached hydrogen (secondary N) is 2. The molecule has 0 aliphatic rings. The van der Waals surface area contributed by atoms with Gasteiger partial charge in [0.15, 0.2) is 0 Å². The summed E-state index contributed by atoms with van der Waals surface area (Å²) in [6, 6.07) is 7.81. The number of aliphatic hydroxyl groups is 1. The molecule has 122 valence electrons. The maximum atomic E-state index is 11.9. The van der Waals surface area contributed by atoms with Gasteiger partial charge >= 0.3 is 6.03 Å². The number of primary amides is 1. The Hall–Kier alpha value is -2.87. The fourth-order valence-corrected chi connectivity index (χ4v) is 2.09. The van der Waals surface area contributed by atoms with E-state index in [0.29, 0.717) is 5.69 Å². The van der Waals surface area contributed by atoms with Crippen LogP contribution < -0.4 is 16.4 Å². The van der Waals surface area contributed by atoms with E-state index in [1.165, 1.54) is 6.20 Å². The van der Waals surface area contributed by atoms with Crippen LogP contribution in [0.5, 0.6) is 0 Å². The summed E-state index contributed by atoms with van der Waals surface area (Å²) < 4.78 is 1.71. The SMILES string of the molecule is CC(c1ccccc1)n1cc(NC(=O)C(CO)NC(N)=O)cn1. The van der Waals surface area contributed by atoms with Crippen molar-refractivity contribution in [2.24, 2.45) is 5.73 Å². The van der Waals surface area contributed by atoms with E-state index < -0.39 is 24.6 Å². The Labute approximate surface area is 133 Å². The van der Waals surface area contributed by atoms with Crippen LogP contribution >= 0.6 is 0 Å². The number of carbonyl (C=O) groups excluding carboxylic acids is 2. The Morgan fingerprint density at radius 3 is 2.65 bits per heavy atom. The first kappa shape index (κ1) is 16.5. The number of urea groups is 1. The highest BCUT2D eigenvalue weighted by atomic mass is 16.3. The minimum absolute atomic E-state index is 0.000708. The second-order valence-corrected chi connectivity index (χ2v) is 5.03. The molecule has 0 aliphatic carbocycles. The minimum atomic E-state index is -1.11. The van der Waals surface area contributed by atoms with E-state index in [-0.39, 0.29) is 6.04 Å². The van der Waals surface area contributed by atoms with Crippen molar-refractivity contribution in [2.45, 2.75) is 19.0 Å². The topological polar surface area (TPSA) is 122 Å². The average Bonchev–Trinajstić information content (AvgIpc) is 3.00. The summed E-state index contributed by atoms with van der Waals surface area (Å²) in [5.41, 5.74) is 6.49. The molecule has 3 amide bonds. The monoisotopic (exact) mass is 317 g/mol. The molecule has 0 aliphatic heterocycles. The van der Waals surface area contributed by atoms with Crippen molar-refractivity contribution in [3.8, 4) is 0 Å². The molecule has 0 fully saturated rings. The van der Waals surface area contributed by atoms with Crippen LogP contribution in [0.1, 0.15) is 18.5 Å². The van der Waals surface area contributed by atoms with Crippen molar-refractivity contribution in [1.29, 1.82) is 0 Å². The molecule has 1 heterocycles. The molecule has 8 nitrogen and oxygen atoms in total. The second-order valence-electron chi connectivity index (χ2n) is 5.03. The highest BCUT2D eigenvalue weighted by Crippen LogP contribution is 2.18. The number of hydrogen-bond donors (Lipinski definition) is 4. The summed E-state index contributed by atoms with van der Waals surface area (Å²) in [5, 5.41) is 18.1. The quantitative estimate of drug-likeness (QED) is 0.618. The van der Waals surface area contributed by atoms with Crippen LogP contribution in [-0.4, -0.2) is 39.5 Å². The van der Waals surface area contributed by atoms with Gasteiger partial charge in [0.2, 0.25) is 5.91 Å². The van der Waals surface area contributed by atoms with Crippen molar-refractivity contribution < 1.29 is 14.7 Å². The highest BCUT2D eigenvalue weighted by molar-refractivity contribution is 5.96. The number of rotatable bonds is 6. The summed E-state index contributed by atoms with van der Waals surface area (Å²) in [5.74, 6) is -0.571. The summed E-state index contributed by atoms with van der Waals surface area (Å²) >= 11 is 0. The fourth-order valence-electron chi connectivity index (χ4n) is 2.09. The van der Waals surface area contributed by atoms with Crippen LogP contribution in [0.15, 0.2) is 42.7 Å². The van der Waals surface area contributed by atoms with Gasteiger partial charge in [-0.25, -0.2) is 4.79 Å². The van der Waals surface area contributed by atoms with Crippen LogP contribution in [0.4, 0.5) is 10.5 Å². The molecule has 2 rings (SSSR count). The maximum Gasteiger partial charge on any atom is 0.312 e. The second kappa shape index (κ2) is 7.41. The Bertz CT molecular complexity index is 671. The van der Waals surface area contributed by atoms with E-state index >= 15 is 0 Å². The van der Waals surface area contributed by atoms with Crippen molar-refractivity contribution in [2.75, 3.05) is 11.9 Å². The number of hydrogen-bond acceptors (Lipinski definition) is 4. The number of nitrogens with two attached hydrogens (primary N) is 1. The van der Waals surface area contributed by atoms with Gasteiger partial charge < -0.3 is 21.5 Å². The number of nitrogens with zero attached hydrogens (tertiary/aromatic N) is 2. The zero-order valence-corrected chi connectivity index (χ0v) is 12.6. The zero-order valence-electron chi connectivity index (χ0n) is 12.6. The fraction of sp³-hybridized carbons (Fsp3) is 0.267. The number of aliphatic hydroxyl groups excluding tert-OH is 1. The third-order valence-corrected chi connectivity index (χ3v) is 3.36. The third kappa shape index (κ3) is 4.30. The molecule has 0 saturated heterocycles. The molecule has 0 saturated carbocycles. The summed E-state index contributed by atoms with van der Waals surface area (Å²) in [4.78, 5) is 22.7. The predicted octanol–water partition coefficient (Wildman–Crippen LogP) is 0.460. The highest BCUT2D eigenvalue weighted by Gasteiger charge is 2.19. The van der Waals surface area contributed by atoms with Gasteiger partial charge in [0.1, 0.15) is 6.04 Å². The molecule has 0 spiro atoms. The van der Waals surface area contributed by atoms with Crippen LogP contribution in [0.2, 0.25) is 0 Å². The van der Waals surface area contributed by atoms with E-state index in [9.17, 15) is 9.59 Å². The molecule has 2 unspecified atom stereocenters. The van der Waals surface area contributed by atoms with Gasteiger partial charge in [-0.2, -0.15) is 5.10 Å². The van der Waals surface area contributed by atoms with E-state index in [2.05, 4.69) is 15.7 Å². The van der Waals surface area contributed by atoms with Crippen molar-refractivity contribution in [1.82, 2.24) is 15.1 Å². The predicted molar refractivity (Wildman–Crippen MR) is 84.7 cm³/mol. The minimum Gasteiger partial charge on any atom is -0.394 e. The van der Waals surface area contributed by atoms with Crippen molar-refractivity contribution >= 4 is 17.6 Å². The smallest absolute Gasteiger partial charge is 0.312 e. The van der Waals surface area contributed by atoms with E-state index in [4.69, 9.17) is 10.8 Å². The van der Waals surface area contributed by atoms with Crippen LogP contribution in [0.25, 0.3) is 0 Å². The molecular weight excluding hydrogens is 298 g/mol. The molecule has 1 aromatic carbocycles. The molecule has 2 aromatic rings. The van der Waals surface area contributed by atoms with Gasteiger partial charge in [-0.05, 0) is 12.5 Å². The van der Waals surface area contributed by atoms with Gasteiger partial charge in [-0.3, -0.25) is 9.48 Å². The molecule has 23 heavy (non-hydrogen) atoms. The summed E-state index contributed by atoms with van der Waals surface area (Å²) in [6.45, 7) is 1.43. The largest absolute Gasteiger partial charge is 0.394 e. The number of benzene rings is 1. The first-order chi connectivity index (χ1) is 11.0. The first-order valence-corrected chi connectivity index (χ1v) is 7.08. The van der Waals surface area contributed by atoms with Crippen molar-refractivity contribution in [3.05, 3.63) is 48.3 Å². The lowest BCUT2D eigenvalue weighted by Gasteiger charge is -2.14. The lowest BCUT2D eigenvalue weighted by atomic mass is 10.1. The van der Waals surface area contributed by atoms with Crippen molar-refractivity contribution in [3.63, 3.8) is 0 Å². The number of carbonyl (C=O) groups is 2. The van der Waals surface area contributed by atoms with Gasteiger partial charge in [0.25, 0.3) is 0 Å². The Morgan fingerprint density at radius 1 is 1.35 bits per heavy atom. The lowest BCUT2D eigenvalue weighted by Crippen LogP contribution is -2.48. The van der Waals surface area contributed by atoms with E-state index in [0.717, 1.165) is 5.56 Å². The zero-order chi connectivity index (χ0) is 16.8. The molecule has 2 atom stereocenters. The van der Waals surface area contributed by atoms with E-state index in [1.54, 1.807) is 10.9 Å². The molecule has 0 bridgehead atoms. The third-order valence-electron chi connectivity index (χ3n) is 3.36. The maximum absolute atomic E-state index is 11.9. The van der Waals surface area contributed by atoms with Crippen LogP contribution in [0, 0.1) is 0 Å². The molecule has 1 aromatic heterocycles. The molecular formula is C15H19N5O3. The first-order valence-electron chi connectivity index (χ1n) is 7.08. The Kier molecular flexibility index (Phi) is 5.32. The Morgan fingerprint density at radius 2 is 2.04 bits per heavy atom. The number of aromatic nitrogens is 2. The number of anilines is 1. The summed E-state index contributed by atoms with van der Waals surface area (Å²) in [7, 11) is 0.